The van der Waals surface area contributed by atoms with E-state index in [1.807, 2.05) is 0 Å². The lowest BCUT2D eigenvalue weighted by molar-refractivity contribution is -0.167. The molecule has 59 heavy (non-hydrogen) atoms. The van der Waals surface area contributed by atoms with Crippen LogP contribution < -0.4 is 0 Å². The van der Waals surface area contributed by atoms with E-state index in [4.69, 9.17) is 14.2 Å². The Labute approximate surface area is 368 Å². The summed E-state index contributed by atoms with van der Waals surface area (Å²) in [6.07, 6.45) is 49.3. The van der Waals surface area contributed by atoms with Crippen molar-refractivity contribution in [2.45, 2.75) is 303 Å². The van der Waals surface area contributed by atoms with Gasteiger partial charge < -0.3 is 14.2 Å². The number of ether oxygens (including phenoxy) is 3. The quantitative estimate of drug-likeness (QED) is 0.0345. The second kappa shape index (κ2) is 47.5. The van der Waals surface area contributed by atoms with Gasteiger partial charge in [0.2, 0.25) is 0 Å². The standard InChI is InChI=1S/C53H102O6/c1-5-8-10-12-14-16-18-19-20-21-22-24-30-34-38-42-46-53(56)59-50(47-57-51(54)44-40-36-32-28-23-17-15-13-11-9-6-2)48-58-52(55)45-41-37-33-29-26-25-27-31-35-39-43-49(4)7-3/h49-50H,5-48H2,1-4H3/t49?,50-/m0/s1. The molecule has 0 heterocycles. The molecule has 0 amide bonds. The molecule has 0 aliphatic carbocycles. The highest BCUT2D eigenvalue weighted by molar-refractivity contribution is 5.71. The van der Waals surface area contributed by atoms with Crippen LogP contribution in [0.2, 0.25) is 0 Å². The molecule has 0 radical (unpaired) electrons. The van der Waals surface area contributed by atoms with E-state index in [1.165, 1.54) is 193 Å². The zero-order valence-corrected chi connectivity index (χ0v) is 40.2. The Kier molecular flexibility index (Phi) is 46.2. The van der Waals surface area contributed by atoms with Crippen molar-refractivity contribution in [3.63, 3.8) is 0 Å². The Balaban J connectivity index is 4.30. The summed E-state index contributed by atoms with van der Waals surface area (Å²) in [5.74, 6) is 0.0261. The molecule has 0 aromatic carbocycles. The van der Waals surface area contributed by atoms with Crippen LogP contribution in [0, 0.1) is 5.92 Å². The number of carbonyl (C=O) groups is 3. The van der Waals surface area contributed by atoms with Crippen LogP contribution in [0.3, 0.4) is 0 Å². The minimum absolute atomic E-state index is 0.0628. The van der Waals surface area contributed by atoms with Crippen LogP contribution >= 0.6 is 0 Å². The molecule has 0 aromatic rings. The summed E-state index contributed by atoms with van der Waals surface area (Å²) in [4.78, 5) is 37.9. The van der Waals surface area contributed by atoms with Crippen LogP contribution in [0.15, 0.2) is 0 Å². The van der Waals surface area contributed by atoms with Crippen LogP contribution in [0.5, 0.6) is 0 Å². The number of carbonyl (C=O) groups excluding carboxylic acids is 3. The first kappa shape index (κ1) is 57.4. The monoisotopic (exact) mass is 835 g/mol. The first-order chi connectivity index (χ1) is 28.9. The molecule has 6 heteroatoms. The van der Waals surface area contributed by atoms with Crippen molar-refractivity contribution >= 4 is 17.9 Å². The van der Waals surface area contributed by atoms with E-state index in [1.54, 1.807) is 0 Å². The zero-order chi connectivity index (χ0) is 43.1. The van der Waals surface area contributed by atoms with Crippen molar-refractivity contribution in [1.82, 2.24) is 0 Å². The average molecular weight is 835 g/mol. The van der Waals surface area contributed by atoms with Gasteiger partial charge in [0.1, 0.15) is 13.2 Å². The molecule has 0 aliphatic heterocycles. The maximum atomic E-state index is 12.8. The van der Waals surface area contributed by atoms with Crippen LogP contribution in [-0.4, -0.2) is 37.2 Å². The summed E-state index contributed by atoms with van der Waals surface area (Å²) < 4.78 is 16.8. The molecular weight excluding hydrogens is 733 g/mol. The highest BCUT2D eigenvalue weighted by Gasteiger charge is 2.19. The van der Waals surface area contributed by atoms with Gasteiger partial charge in [0, 0.05) is 19.3 Å². The van der Waals surface area contributed by atoms with Gasteiger partial charge in [-0.25, -0.2) is 0 Å². The SMILES string of the molecule is CCCCCCCCCCCCCCCCCCC(=O)O[C@@H](COC(=O)CCCCCCCCCCCCC)COC(=O)CCCCCCCCCCCCC(C)CC. The molecule has 350 valence electrons. The fourth-order valence-electron chi connectivity index (χ4n) is 8.01. The third-order valence-corrected chi connectivity index (χ3v) is 12.4. The molecule has 0 bridgehead atoms. The number of esters is 3. The molecule has 0 N–H and O–H groups in total. The minimum atomic E-state index is -0.760. The normalized spacial score (nSPS) is 12.4. The van der Waals surface area contributed by atoms with E-state index in [-0.39, 0.29) is 31.1 Å². The van der Waals surface area contributed by atoms with E-state index in [0.29, 0.717) is 19.3 Å². The van der Waals surface area contributed by atoms with Crippen molar-refractivity contribution in [1.29, 1.82) is 0 Å². The van der Waals surface area contributed by atoms with Gasteiger partial charge in [-0.3, -0.25) is 14.4 Å². The van der Waals surface area contributed by atoms with E-state index < -0.39 is 6.10 Å². The first-order valence-corrected chi connectivity index (χ1v) is 26.4. The lowest BCUT2D eigenvalue weighted by atomic mass is 9.99. The summed E-state index contributed by atoms with van der Waals surface area (Å²) >= 11 is 0. The van der Waals surface area contributed by atoms with Crippen LogP contribution in [0.4, 0.5) is 0 Å². The molecule has 2 atom stereocenters. The van der Waals surface area contributed by atoms with Gasteiger partial charge in [-0.05, 0) is 25.2 Å². The molecule has 0 aliphatic rings. The summed E-state index contributed by atoms with van der Waals surface area (Å²) in [7, 11) is 0. The van der Waals surface area contributed by atoms with Crippen LogP contribution in [-0.2, 0) is 28.6 Å². The zero-order valence-electron chi connectivity index (χ0n) is 40.2. The van der Waals surface area contributed by atoms with Gasteiger partial charge in [-0.1, -0.05) is 259 Å². The van der Waals surface area contributed by atoms with Crippen molar-refractivity contribution in [3.8, 4) is 0 Å². The second-order valence-corrected chi connectivity index (χ2v) is 18.4. The summed E-state index contributed by atoms with van der Waals surface area (Å²) in [6, 6.07) is 0. The molecule has 0 fully saturated rings. The summed E-state index contributed by atoms with van der Waals surface area (Å²) in [5, 5.41) is 0. The summed E-state index contributed by atoms with van der Waals surface area (Å²) in [5.41, 5.74) is 0. The van der Waals surface area contributed by atoms with Gasteiger partial charge >= 0.3 is 17.9 Å². The van der Waals surface area contributed by atoms with Crippen molar-refractivity contribution in [2.75, 3.05) is 13.2 Å². The fraction of sp³-hybridized carbons (Fsp3) is 0.943. The van der Waals surface area contributed by atoms with Crippen molar-refractivity contribution < 1.29 is 28.6 Å². The van der Waals surface area contributed by atoms with E-state index in [9.17, 15) is 14.4 Å². The second-order valence-electron chi connectivity index (χ2n) is 18.4. The predicted octanol–water partition coefficient (Wildman–Crippen LogP) is 17.1. The van der Waals surface area contributed by atoms with Gasteiger partial charge in [0.05, 0.1) is 0 Å². The van der Waals surface area contributed by atoms with Gasteiger partial charge in [-0.2, -0.15) is 0 Å². The van der Waals surface area contributed by atoms with Crippen LogP contribution in [0.25, 0.3) is 0 Å². The molecule has 0 saturated heterocycles. The Bertz CT molecular complexity index is 889. The van der Waals surface area contributed by atoms with E-state index in [0.717, 1.165) is 63.7 Å². The third kappa shape index (κ3) is 45.8. The third-order valence-electron chi connectivity index (χ3n) is 12.4. The van der Waals surface area contributed by atoms with Gasteiger partial charge in [0.25, 0.3) is 0 Å². The predicted molar refractivity (Wildman–Crippen MR) is 252 cm³/mol. The van der Waals surface area contributed by atoms with E-state index in [2.05, 4.69) is 27.7 Å². The smallest absolute Gasteiger partial charge is 0.306 e. The Hall–Kier alpha value is -1.59. The Morgan fingerprint density at radius 1 is 0.339 bits per heavy atom. The van der Waals surface area contributed by atoms with E-state index >= 15 is 0 Å². The lowest BCUT2D eigenvalue weighted by Gasteiger charge is -2.18. The first-order valence-electron chi connectivity index (χ1n) is 26.4. The number of hydrogen-bond donors (Lipinski definition) is 0. The molecule has 0 rings (SSSR count). The molecule has 6 nitrogen and oxygen atoms in total. The molecule has 0 spiro atoms. The molecule has 0 saturated carbocycles. The van der Waals surface area contributed by atoms with Gasteiger partial charge in [0.15, 0.2) is 6.10 Å². The van der Waals surface area contributed by atoms with Crippen LogP contribution in [0.1, 0.15) is 297 Å². The number of unbranched alkanes of at least 4 members (excludes halogenated alkanes) is 34. The Morgan fingerprint density at radius 3 is 0.881 bits per heavy atom. The van der Waals surface area contributed by atoms with Crippen molar-refractivity contribution in [2.24, 2.45) is 5.92 Å². The highest BCUT2D eigenvalue weighted by atomic mass is 16.6. The maximum absolute atomic E-state index is 12.8. The minimum Gasteiger partial charge on any atom is -0.462 e. The summed E-state index contributed by atoms with van der Waals surface area (Å²) in [6.45, 7) is 9.05. The lowest BCUT2D eigenvalue weighted by Crippen LogP contribution is -2.30. The largest absolute Gasteiger partial charge is 0.462 e. The van der Waals surface area contributed by atoms with Crippen molar-refractivity contribution in [3.05, 3.63) is 0 Å². The average Bonchev–Trinajstić information content (AvgIpc) is 3.23. The highest BCUT2D eigenvalue weighted by Crippen LogP contribution is 2.18. The fourth-order valence-corrected chi connectivity index (χ4v) is 8.01. The number of hydrogen-bond acceptors (Lipinski definition) is 6. The van der Waals surface area contributed by atoms with Gasteiger partial charge in [-0.15, -0.1) is 0 Å². The molecule has 1 unspecified atom stereocenters. The topological polar surface area (TPSA) is 78.9 Å². The molecule has 0 aromatic heterocycles. The maximum Gasteiger partial charge on any atom is 0.306 e. The Morgan fingerprint density at radius 2 is 0.593 bits per heavy atom. The number of rotatable bonds is 48. The molecular formula is C53H102O6.